The van der Waals surface area contributed by atoms with Gasteiger partial charge in [0.05, 0.1) is 13.2 Å². The second-order valence-electron chi connectivity index (χ2n) is 6.03. The standard InChI is InChI=1S/C18H34O5/c1-4-5-6-7-13-22-17(19)9-8-10-18(20)23-15-12-16(2)11-14-21-3/h16H,4-15H2,1-3H3. The third-order valence-electron chi connectivity index (χ3n) is 3.71. The van der Waals surface area contributed by atoms with Crippen molar-refractivity contribution in [3.63, 3.8) is 0 Å². The van der Waals surface area contributed by atoms with E-state index in [0.29, 0.717) is 25.6 Å². The quantitative estimate of drug-likeness (QED) is 0.337. The van der Waals surface area contributed by atoms with E-state index < -0.39 is 0 Å². The summed E-state index contributed by atoms with van der Waals surface area (Å²) in [4.78, 5) is 23.0. The van der Waals surface area contributed by atoms with Gasteiger partial charge in [0, 0.05) is 26.6 Å². The van der Waals surface area contributed by atoms with Crippen molar-refractivity contribution in [2.24, 2.45) is 5.92 Å². The lowest BCUT2D eigenvalue weighted by molar-refractivity contribution is -0.145. The lowest BCUT2D eigenvalue weighted by Crippen LogP contribution is -2.11. The molecular weight excluding hydrogens is 296 g/mol. The lowest BCUT2D eigenvalue weighted by Gasteiger charge is -2.11. The maximum atomic E-state index is 11.6. The van der Waals surface area contributed by atoms with Gasteiger partial charge >= 0.3 is 11.9 Å². The Labute approximate surface area is 141 Å². The van der Waals surface area contributed by atoms with Gasteiger partial charge in [0.2, 0.25) is 0 Å². The van der Waals surface area contributed by atoms with Gasteiger partial charge in [0.15, 0.2) is 0 Å². The number of rotatable bonds is 15. The molecular formula is C18H34O5. The minimum absolute atomic E-state index is 0.220. The number of carbonyl (C=O) groups excluding carboxylic acids is 2. The molecule has 0 rings (SSSR count). The second-order valence-corrected chi connectivity index (χ2v) is 6.03. The molecule has 0 aliphatic carbocycles. The number of hydrogen-bond acceptors (Lipinski definition) is 5. The van der Waals surface area contributed by atoms with Gasteiger partial charge in [-0.1, -0.05) is 33.1 Å². The highest BCUT2D eigenvalue weighted by Gasteiger charge is 2.08. The Morgan fingerprint density at radius 2 is 1.43 bits per heavy atom. The highest BCUT2D eigenvalue weighted by atomic mass is 16.5. The summed E-state index contributed by atoms with van der Waals surface area (Å²) >= 11 is 0. The largest absolute Gasteiger partial charge is 0.466 e. The average molecular weight is 330 g/mol. The minimum atomic E-state index is -0.236. The fourth-order valence-electron chi connectivity index (χ4n) is 2.07. The van der Waals surface area contributed by atoms with Crippen molar-refractivity contribution in [3.05, 3.63) is 0 Å². The third-order valence-corrected chi connectivity index (χ3v) is 3.71. The molecule has 0 saturated heterocycles. The smallest absolute Gasteiger partial charge is 0.305 e. The fraction of sp³-hybridized carbons (Fsp3) is 0.889. The van der Waals surface area contributed by atoms with Crippen molar-refractivity contribution in [1.29, 1.82) is 0 Å². The fourth-order valence-corrected chi connectivity index (χ4v) is 2.07. The molecule has 0 bridgehead atoms. The molecule has 0 aromatic carbocycles. The number of methoxy groups -OCH3 is 1. The third kappa shape index (κ3) is 15.6. The van der Waals surface area contributed by atoms with Crippen LogP contribution in [0.5, 0.6) is 0 Å². The molecule has 0 aromatic heterocycles. The van der Waals surface area contributed by atoms with Gasteiger partial charge < -0.3 is 14.2 Å². The van der Waals surface area contributed by atoms with Gasteiger partial charge in [-0.05, 0) is 31.6 Å². The van der Waals surface area contributed by atoms with E-state index in [0.717, 1.165) is 32.3 Å². The first kappa shape index (κ1) is 21.9. The molecule has 0 aliphatic rings. The molecule has 0 fully saturated rings. The van der Waals surface area contributed by atoms with E-state index in [1.54, 1.807) is 7.11 Å². The molecule has 1 atom stereocenters. The molecule has 136 valence electrons. The molecule has 1 unspecified atom stereocenters. The Morgan fingerprint density at radius 1 is 0.826 bits per heavy atom. The van der Waals surface area contributed by atoms with Gasteiger partial charge in [-0.3, -0.25) is 9.59 Å². The molecule has 0 spiro atoms. The lowest BCUT2D eigenvalue weighted by atomic mass is 10.1. The van der Waals surface area contributed by atoms with E-state index in [9.17, 15) is 9.59 Å². The van der Waals surface area contributed by atoms with Crippen LogP contribution in [0, 0.1) is 5.92 Å². The van der Waals surface area contributed by atoms with Crippen molar-refractivity contribution in [2.45, 2.75) is 71.6 Å². The predicted molar refractivity (Wildman–Crippen MR) is 90.2 cm³/mol. The summed E-state index contributed by atoms with van der Waals surface area (Å²) in [5.74, 6) is 0.0209. The van der Waals surface area contributed by atoms with E-state index in [1.807, 2.05) is 0 Å². The van der Waals surface area contributed by atoms with Crippen LogP contribution in [0.25, 0.3) is 0 Å². The normalized spacial score (nSPS) is 12.0. The first-order valence-corrected chi connectivity index (χ1v) is 8.90. The van der Waals surface area contributed by atoms with Crippen LogP contribution < -0.4 is 0 Å². The summed E-state index contributed by atoms with van der Waals surface area (Å²) in [5, 5.41) is 0. The van der Waals surface area contributed by atoms with Crippen molar-refractivity contribution in [3.8, 4) is 0 Å². The molecule has 0 radical (unpaired) electrons. The SMILES string of the molecule is CCCCCCOC(=O)CCCC(=O)OCCC(C)CCOC. The Kier molecular flexibility index (Phi) is 15.0. The minimum Gasteiger partial charge on any atom is -0.466 e. The van der Waals surface area contributed by atoms with Gasteiger partial charge in [0.25, 0.3) is 0 Å². The summed E-state index contributed by atoms with van der Waals surface area (Å²) in [6.45, 7) is 5.92. The topological polar surface area (TPSA) is 61.8 Å². The Balaban J connectivity index is 3.46. The van der Waals surface area contributed by atoms with Crippen LogP contribution in [-0.2, 0) is 23.8 Å². The van der Waals surface area contributed by atoms with Crippen molar-refractivity contribution >= 4 is 11.9 Å². The van der Waals surface area contributed by atoms with Gasteiger partial charge in [-0.15, -0.1) is 0 Å². The summed E-state index contributed by atoms with van der Waals surface area (Å²) in [6, 6.07) is 0. The summed E-state index contributed by atoms with van der Waals surface area (Å²) in [7, 11) is 1.68. The number of hydrogen-bond donors (Lipinski definition) is 0. The van der Waals surface area contributed by atoms with E-state index in [1.165, 1.54) is 12.8 Å². The zero-order valence-corrected chi connectivity index (χ0v) is 15.1. The predicted octanol–water partition coefficient (Wildman–Crippen LogP) is 3.89. The maximum Gasteiger partial charge on any atom is 0.305 e. The molecule has 23 heavy (non-hydrogen) atoms. The molecule has 5 heteroatoms. The van der Waals surface area contributed by atoms with Gasteiger partial charge in [0.1, 0.15) is 0 Å². The van der Waals surface area contributed by atoms with Crippen LogP contribution in [0.2, 0.25) is 0 Å². The van der Waals surface area contributed by atoms with E-state index >= 15 is 0 Å². The van der Waals surface area contributed by atoms with E-state index in [4.69, 9.17) is 14.2 Å². The summed E-state index contributed by atoms with van der Waals surface area (Å²) < 4.78 is 15.3. The average Bonchev–Trinajstić information content (AvgIpc) is 2.52. The molecule has 5 nitrogen and oxygen atoms in total. The van der Waals surface area contributed by atoms with E-state index in [-0.39, 0.29) is 24.8 Å². The molecule has 0 amide bonds. The Bertz CT molecular complexity index is 304. The van der Waals surface area contributed by atoms with Crippen LogP contribution in [0.4, 0.5) is 0 Å². The first-order chi connectivity index (χ1) is 11.1. The highest BCUT2D eigenvalue weighted by molar-refractivity contribution is 5.72. The Hall–Kier alpha value is -1.10. The monoisotopic (exact) mass is 330 g/mol. The maximum absolute atomic E-state index is 11.6. The number of unbranched alkanes of at least 4 members (excludes halogenated alkanes) is 3. The van der Waals surface area contributed by atoms with Crippen molar-refractivity contribution in [2.75, 3.05) is 26.9 Å². The van der Waals surface area contributed by atoms with Crippen molar-refractivity contribution < 1.29 is 23.8 Å². The van der Waals surface area contributed by atoms with Crippen LogP contribution >= 0.6 is 0 Å². The summed E-state index contributed by atoms with van der Waals surface area (Å²) in [5.41, 5.74) is 0. The zero-order valence-electron chi connectivity index (χ0n) is 15.1. The molecule has 0 aliphatic heterocycles. The highest BCUT2D eigenvalue weighted by Crippen LogP contribution is 2.08. The molecule has 0 aromatic rings. The van der Waals surface area contributed by atoms with Gasteiger partial charge in [-0.25, -0.2) is 0 Å². The van der Waals surface area contributed by atoms with Gasteiger partial charge in [-0.2, -0.15) is 0 Å². The van der Waals surface area contributed by atoms with Crippen LogP contribution in [-0.4, -0.2) is 38.9 Å². The number of carbonyl (C=O) groups is 2. The summed E-state index contributed by atoms with van der Waals surface area (Å²) in [6.07, 6.45) is 7.22. The number of esters is 2. The van der Waals surface area contributed by atoms with Crippen LogP contribution in [0.15, 0.2) is 0 Å². The molecule has 0 N–H and O–H groups in total. The van der Waals surface area contributed by atoms with Crippen molar-refractivity contribution in [1.82, 2.24) is 0 Å². The second kappa shape index (κ2) is 15.8. The molecule has 0 saturated carbocycles. The van der Waals surface area contributed by atoms with Crippen LogP contribution in [0.1, 0.15) is 71.6 Å². The first-order valence-electron chi connectivity index (χ1n) is 8.90. The van der Waals surface area contributed by atoms with Crippen LogP contribution in [0.3, 0.4) is 0 Å². The molecule has 0 heterocycles. The zero-order chi connectivity index (χ0) is 17.3. The number of ether oxygens (including phenoxy) is 3. The van der Waals surface area contributed by atoms with E-state index in [2.05, 4.69) is 13.8 Å². The Morgan fingerprint density at radius 3 is 2.04 bits per heavy atom.